The van der Waals surface area contributed by atoms with E-state index in [0.29, 0.717) is 17.4 Å². The van der Waals surface area contributed by atoms with Crippen molar-refractivity contribution in [3.05, 3.63) is 52.0 Å². The molecule has 3 N–H and O–H groups in total. The molecule has 2 aromatic heterocycles. The molecule has 3 rings (SSSR count). The molecule has 0 saturated heterocycles. The van der Waals surface area contributed by atoms with Gasteiger partial charge in [-0.1, -0.05) is 23.9 Å². The van der Waals surface area contributed by atoms with Crippen LogP contribution in [0.1, 0.15) is 22.4 Å². The minimum atomic E-state index is -0.970. The molecule has 0 aliphatic carbocycles. The maximum Gasteiger partial charge on any atom is 0.309 e. The molecule has 0 unspecified atom stereocenters. The highest BCUT2D eigenvalue weighted by atomic mass is 32.2. The molecule has 0 spiro atoms. The molecule has 0 aliphatic rings. The highest BCUT2D eigenvalue weighted by Crippen LogP contribution is 2.35. The van der Waals surface area contributed by atoms with Crippen LogP contribution in [0, 0.1) is 13.8 Å². The molecule has 164 valence electrons. The lowest BCUT2D eigenvalue weighted by Gasteiger charge is -2.12. The van der Waals surface area contributed by atoms with E-state index >= 15 is 0 Å². The van der Waals surface area contributed by atoms with Crippen LogP contribution in [0.2, 0.25) is 0 Å². The highest BCUT2D eigenvalue weighted by Gasteiger charge is 2.19. The van der Waals surface area contributed by atoms with Gasteiger partial charge in [0.05, 0.1) is 36.5 Å². The van der Waals surface area contributed by atoms with E-state index in [1.807, 2.05) is 38.1 Å². The van der Waals surface area contributed by atoms with Crippen molar-refractivity contribution in [1.82, 2.24) is 9.55 Å². The first-order valence-electron chi connectivity index (χ1n) is 9.39. The fourth-order valence-corrected chi connectivity index (χ4v) is 4.71. The zero-order chi connectivity index (χ0) is 22.5. The fraction of sp³-hybridized carbons (Fsp3) is 0.286. The van der Waals surface area contributed by atoms with Gasteiger partial charge in [-0.25, -0.2) is 4.98 Å². The Labute approximate surface area is 187 Å². The van der Waals surface area contributed by atoms with Crippen molar-refractivity contribution in [2.45, 2.75) is 31.8 Å². The number of aromatic nitrogens is 2. The number of thiazole rings is 1. The number of amides is 1. The van der Waals surface area contributed by atoms with Crippen LogP contribution in [-0.2, 0) is 22.6 Å². The second-order valence-electron chi connectivity index (χ2n) is 6.86. The van der Waals surface area contributed by atoms with Crippen LogP contribution in [0.4, 0.5) is 5.13 Å². The van der Waals surface area contributed by atoms with Crippen LogP contribution in [0.15, 0.2) is 34.7 Å². The number of carboxylic acids is 1. The highest BCUT2D eigenvalue weighted by molar-refractivity contribution is 8.00. The predicted octanol–water partition coefficient (Wildman–Crippen LogP) is 3.68. The number of hydrogen-bond donors (Lipinski definition) is 3. The van der Waals surface area contributed by atoms with Gasteiger partial charge in [-0.15, -0.1) is 11.3 Å². The number of rotatable bonds is 9. The molecule has 1 aromatic carbocycles. The summed E-state index contributed by atoms with van der Waals surface area (Å²) in [5.74, 6) is -0.167. The Bertz CT molecular complexity index is 1090. The van der Waals surface area contributed by atoms with E-state index in [1.54, 1.807) is 17.1 Å². The van der Waals surface area contributed by atoms with Crippen molar-refractivity contribution in [3.8, 4) is 11.6 Å². The summed E-state index contributed by atoms with van der Waals surface area (Å²) in [6.07, 6.45) is -0.183. The largest absolute Gasteiger partial charge is 0.497 e. The molecule has 0 atom stereocenters. The number of carbonyl (C=O) groups excluding carboxylic acids is 1. The minimum Gasteiger partial charge on any atom is -0.497 e. The van der Waals surface area contributed by atoms with E-state index in [9.17, 15) is 14.7 Å². The molecule has 1 amide bonds. The monoisotopic (exact) mass is 461 g/mol. The van der Waals surface area contributed by atoms with E-state index in [-0.39, 0.29) is 24.0 Å². The average Bonchev–Trinajstić information content (AvgIpc) is 3.25. The summed E-state index contributed by atoms with van der Waals surface area (Å²) in [4.78, 5) is 27.3. The van der Waals surface area contributed by atoms with Crippen LogP contribution < -0.4 is 10.1 Å². The summed E-state index contributed by atoms with van der Waals surface area (Å²) in [6, 6.07) is 7.59. The molecule has 31 heavy (non-hydrogen) atoms. The summed E-state index contributed by atoms with van der Waals surface area (Å²) in [5, 5.41) is 24.9. The van der Waals surface area contributed by atoms with Crippen molar-refractivity contribution in [2.75, 3.05) is 18.2 Å². The summed E-state index contributed by atoms with van der Waals surface area (Å²) in [7, 11) is 1.61. The third-order valence-corrected chi connectivity index (χ3v) is 6.70. The normalized spacial score (nSPS) is 10.8. The molecule has 0 radical (unpaired) electrons. The summed E-state index contributed by atoms with van der Waals surface area (Å²) < 4.78 is 6.98. The first-order chi connectivity index (χ1) is 14.8. The van der Waals surface area contributed by atoms with E-state index < -0.39 is 5.97 Å². The molecular formula is C21H23N3O5S2. The Balaban J connectivity index is 1.69. The van der Waals surface area contributed by atoms with Crippen molar-refractivity contribution in [1.29, 1.82) is 0 Å². The zero-order valence-electron chi connectivity index (χ0n) is 17.3. The SMILES string of the molecule is COc1ccc(Cn2c(O)c(C)c(C)c2SCC(=O)Nc2nc(CC(=O)O)cs2)cc1. The fourth-order valence-electron chi connectivity index (χ4n) is 2.97. The Hall–Kier alpha value is -2.98. The maximum absolute atomic E-state index is 12.4. The van der Waals surface area contributed by atoms with Crippen LogP contribution in [0.3, 0.4) is 0 Å². The molecule has 8 nitrogen and oxygen atoms in total. The van der Waals surface area contributed by atoms with Gasteiger partial charge in [-0.05, 0) is 37.1 Å². The number of nitrogens with one attached hydrogen (secondary N) is 1. The lowest BCUT2D eigenvalue weighted by molar-refractivity contribution is -0.136. The standard InChI is InChI=1S/C21H23N3O5S2/c1-12-13(2)20(24(19(12)28)9-14-4-6-16(29-3)7-5-14)30-11-17(25)23-21-22-15(10-31-21)8-18(26)27/h4-7,10,28H,8-9,11H2,1-3H3,(H,26,27)(H,22,23,25). The number of carbonyl (C=O) groups is 2. The van der Waals surface area contributed by atoms with Gasteiger partial charge in [0.15, 0.2) is 11.0 Å². The van der Waals surface area contributed by atoms with Crippen LogP contribution in [0.25, 0.3) is 0 Å². The first kappa shape index (κ1) is 22.7. The molecule has 0 saturated carbocycles. The van der Waals surface area contributed by atoms with Crippen LogP contribution in [-0.4, -0.2) is 44.5 Å². The van der Waals surface area contributed by atoms with Gasteiger partial charge in [0, 0.05) is 10.9 Å². The number of methoxy groups -OCH3 is 1. The number of anilines is 1. The topological polar surface area (TPSA) is 114 Å². The Morgan fingerprint density at radius 3 is 2.58 bits per heavy atom. The number of ether oxygens (including phenoxy) is 1. The Morgan fingerprint density at radius 2 is 1.94 bits per heavy atom. The first-order valence-corrected chi connectivity index (χ1v) is 11.3. The van der Waals surface area contributed by atoms with Gasteiger partial charge in [0.2, 0.25) is 5.91 Å². The lowest BCUT2D eigenvalue weighted by atomic mass is 10.2. The molecule has 0 bridgehead atoms. The van der Waals surface area contributed by atoms with Crippen molar-refractivity contribution >= 4 is 40.1 Å². The number of carboxylic acid groups (broad SMARTS) is 1. The van der Waals surface area contributed by atoms with Gasteiger partial charge >= 0.3 is 5.97 Å². The summed E-state index contributed by atoms with van der Waals surface area (Å²) in [6.45, 7) is 4.22. The van der Waals surface area contributed by atoms with Crippen LogP contribution >= 0.6 is 23.1 Å². The minimum absolute atomic E-state index is 0.125. The third-order valence-electron chi connectivity index (χ3n) is 4.69. The van der Waals surface area contributed by atoms with Crippen molar-refractivity contribution in [3.63, 3.8) is 0 Å². The lowest BCUT2D eigenvalue weighted by Crippen LogP contribution is -2.14. The average molecular weight is 462 g/mol. The number of aliphatic carboxylic acids is 1. The number of nitrogens with zero attached hydrogens (tertiary/aromatic N) is 2. The molecule has 0 aliphatic heterocycles. The number of hydrogen-bond acceptors (Lipinski definition) is 7. The number of benzene rings is 1. The molecular weight excluding hydrogens is 438 g/mol. The smallest absolute Gasteiger partial charge is 0.309 e. The molecule has 2 heterocycles. The molecule has 3 aromatic rings. The number of thioether (sulfide) groups is 1. The Kier molecular flexibility index (Phi) is 7.24. The van der Waals surface area contributed by atoms with Gasteiger partial charge < -0.3 is 24.8 Å². The predicted molar refractivity (Wildman–Crippen MR) is 120 cm³/mol. The molecule has 0 fully saturated rings. The maximum atomic E-state index is 12.4. The summed E-state index contributed by atoms with van der Waals surface area (Å²) in [5.41, 5.74) is 3.09. The van der Waals surface area contributed by atoms with E-state index in [0.717, 1.165) is 27.5 Å². The second-order valence-corrected chi connectivity index (χ2v) is 8.69. The zero-order valence-corrected chi connectivity index (χ0v) is 19.0. The van der Waals surface area contributed by atoms with E-state index in [4.69, 9.17) is 9.84 Å². The van der Waals surface area contributed by atoms with E-state index in [1.165, 1.54) is 23.1 Å². The third kappa shape index (κ3) is 5.59. The van der Waals surface area contributed by atoms with Gasteiger partial charge in [0.1, 0.15) is 5.75 Å². The van der Waals surface area contributed by atoms with Crippen molar-refractivity contribution in [2.24, 2.45) is 0 Å². The van der Waals surface area contributed by atoms with Crippen molar-refractivity contribution < 1.29 is 24.5 Å². The second kappa shape index (κ2) is 9.88. The van der Waals surface area contributed by atoms with Crippen LogP contribution in [0.5, 0.6) is 11.6 Å². The molecule has 10 heteroatoms. The van der Waals surface area contributed by atoms with E-state index in [2.05, 4.69) is 10.3 Å². The summed E-state index contributed by atoms with van der Waals surface area (Å²) >= 11 is 2.52. The van der Waals surface area contributed by atoms with Gasteiger partial charge in [-0.3, -0.25) is 9.59 Å². The number of aromatic hydroxyl groups is 1. The van der Waals surface area contributed by atoms with Gasteiger partial charge in [0.25, 0.3) is 0 Å². The Morgan fingerprint density at radius 1 is 1.23 bits per heavy atom. The quantitative estimate of drug-likeness (QED) is 0.417. The van der Waals surface area contributed by atoms with Gasteiger partial charge in [-0.2, -0.15) is 0 Å².